The van der Waals surface area contributed by atoms with Gasteiger partial charge in [0.05, 0.1) is 0 Å². The molecular formula is C32H16BiN8. The summed E-state index contributed by atoms with van der Waals surface area (Å²) in [5.41, 5.74) is 5.69. The van der Waals surface area contributed by atoms with Crippen LogP contribution in [-0.2, 0) is 0 Å². The molecule has 2 aromatic heterocycles. The normalized spacial score (nSPS) is 15.7. The van der Waals surface area contributed by atoms with Gasteiger partial charge in [0.25, 0.3) is 0 Å². The number of benzene rings is 4. The molecule has 0 amide bonds. The molecule has 0 fully saturated rings. The third kappa shape index (κ3) is 2.91. The first-order valence-electron chi connectivity index (χ1n) is 13.3. The van der Waals surface area contributed by atoms with Crippen LogP contribution in [0.3, 0.4) is 0 Å². The molecule has 189 valence electrons. The van der Waals surface area contributed by atoms with Gasteiger partial charge >= 0.3 is 246 Å². The van der Waals surface area contributed by atoms with Crippen molar-refractivity contribution in [3.8, 4) is 0 Å². The zero-order valence-corrected chi connectivity index (χ0v) is 24.7. The van der Waals surface area contributed by atoms with E-state index in [1.165, 1.54) is 0 Å². The number of nitrogens with zero attached hydrogens (tertiary/aromatic N) is 8. The number of rotatable bonds is 0. The Balaban J connectivity index is 1.48. The summed E-state index contributed by atoms with van der Waals surface area (Å²) in [6.07, 6.45) is 0. The zero-order valence-electron chi connectivity index (χ0n) is 21.3. The first-order valence-corrected chi connectivity index (χ1v) is 16.4. The van der Waals surface area contributed by atoms with Crippen LogP contribution in [0.2, 0.25) is 0 Å². The Morgan fingerprint density at radius 2 is 0.732 bits per heavy atom. The minimum absolute atomic E-state index is 0.678. The van der Waals surface area contributed by atoms with Crippen molar-refractivity contribution < 1.29 is 0 Å². The average molecular weight is 722 g/mol. The van der Waals surface area contributed by atoms with Gasteiger partial charge in [-0.05, 0) is 0 Å². The maximum absolute atomic E-state index is 5.27. The minimum atomic E-state index is -1.88. The molecule has 4 aromatic carbocycles. The maximum atomic E-state index is 5.27. The quantitative estimate of drug-likeness (QED) is 0.208. The molecule has 6 bridgehead atoms. The molecular weight excluding hydrogens is 705 g/mol. The Kier molecular flexibility index (Phi) is 4.20. The number of amidine groups is 4. The van der Waals surface area contributed by atoms with E-state index in [9.17, 15) is 0 Å². The number of aliphatic imine (C=N–C) groups is 4. The molecule has 6 heterocycles. The Labute approximate surface area is 244 Å². The fourth-order valence-corrected chi connectivity index (χ4v) is 10.4. The molecule has 4 aliphatic heterocycles. The monoisotopic (exact) mass is 721 g/mol. The van der Waals surface area contributed by atoms with Crippen molar-refractivity contribution in [3.63, 3.8) is 0 Å². The summed E-state index contributed by atoms with van der Waals surface area (Å²) in [6, 6.07) is 33.2. The van der Waals surface area contributed by atoms with Crippen molar-refractivity contribution in [2.45, 2.75) is 0 Å². The zero-order chi connectivity index (χ0) is 26.7. The topological polar surface area (TPSA) is 84.0 Å². The van der Waals surface area contributed by atoms with Crippen molar-refractivity contribution in [1.82, 2.24) is 5.02 Å². The molecule has 10 rings (SSSR count). The van der Waals surface area contributed by atoms with Gasteiger partial charge in [0.15, 0.2) is 0 Å². The van der Waals surface area contributed by atoms with Crippen LogP contribution >= 0.6 is 0 Å². The van der Waals surface area contributed by atoms with Crippen LogP contribution in [0.25, 0.3) is 21.5 Å². The van der Waals surface area contributed by atoms with Crippen molar-refractivity contribution in [2.75, 3.05) is 0 Å². The predicted octanol–water partition coefficient (Wildman–Crippen LogP) is 4.47. The fraction of sp³-hybridized carbons (Fsp3) is 0. The molecule has 6 aromatic rings. The second-order valence-electron chi connectivity index (χ2n) is 10.2. The van der Waals surface area contributed by atoms with Gasteiger partial charge in [0.1, 0.15) is 0 Å². The average Bonchev–Trinajstić information content (AvgIpc) is 3.72. The molecule has 9 heteroatoms. The third-order valence-corrected chi connectivity index (χ3v) is 12.2. The number of hydrogen-bond donors (Lipinski definition) is 0. The summed E-state index contributed by atoms with van der Waals surface area (Å²) < 4.78 is 4.68. The standard InChI is InChI=1S/C32H16N8.Bi/c1-2-10-18-17(9-1)25-33-26(18)38-28-21-13-5-6-14-22(21)30(35-28)40-32-24-16-8-7-15-23(24)31(36-32)39-29-20-12-4-3-11-19(20)27(34-29)37-25;/h1-16H;/q-2;+2. The molecule has 0 saturated heterocycles. The van der Waals surface area contributed by atoms with E-state index >= 15 is 0 Å². The molecule has 0 spiro atoms. The summed E-state index contributed by atoms with van der Waals surface area (Å²) in [6.45, 7) is 0. The second kappa shape index (κ2) is 7.86. The molecule has 0 aliphatic carbocycles. The molecule has 0 N–H and O–H groups in total. The van der Waals surface area contributed by atoms with Crippen LogP contribution in [-0.4, -0.2) is 52.2 Å². The third-order valence-electron chi connectivity index (χ3n) is 7.89. The Morgan fingerprint density at radius 1 is 0.366 bits per heavy atom. The first-order chi connectivity index (χ1) is 20.3. The van der Waals surface area contributed by atoms with Gasteiger partial charge < -0.3 is 0 Å². The summed E-state index contributed by atoms with van der Waals surface area (Å²) in [5.74, 6) is 4.46. The van der Waals surface area contributed by atoms with E-state index in [-0.39, 0.29) is 0 Å². The summed E-state index contributed by atoms with van der Waals surface area (Å²) in [4.78, 5) is 31.1. The van der Waals surface area contributed by atoms with Crippen LogP contribution in [0.1, 0.15) is 22.3 Å². The summed E-state index contributed by atoms with van der Waals surface area (Å²) in [5, 5.41) is 4.20. The Hall–Kier alpha value is -4.88. The molecule has 8 nitrogen and oxygen atoms in total. The van der Waals surface area contributed by atoms with E-state index in [1.54, 1.807) is 0 Å². The van der Waals surface area contributed by atoms with Crippen LogP contribution in [0.15, 0.2) is 127 Å². The van der Waals surface area contributed by atoms with Gasteiger partial charge in [-0.1, -0.05) is 0 Å². The van der Waals surface area contributed by atoms with E-state index in [4.69, 9.17) is 30.0 Å². The molecule has 0 unspecified atom stereocenters. The van der Waals surface area contributed by atoms with Gasteiger partial charge in [0.2, 0.25) is 0 Å². The van der Waals surface area contributed by atoms with Crippen molar-refractivity contribution in [1.29, 1.82) is 0 Å². The van der Waals surface area contributed by atoms with Crippen molar-refractivity contribution in [2.24, 2.45) is 30.0 Å². The van der Waals surface area contributed by atoms with Gasteiger partial charge in [-0.15, -0.1) is 0 Å². The van der Waals surface area contributed by atoms with Crippen LogP contribution in [0, 0.1) is 0 Å². The molecule has 0 atom stereocenters. The summed E-state index contributed by atoms with van der Waals surface area (Å²) in [7, 11) is 0. The number of hydrogen-bond acceptors (Lipinski definition) is 6. The number of fused-ring (bicyclic) bond motifs is 14. The second-order valence-corrected chi connectivity index (χ2v) is 14.0. The van der Waals surface area contributed by atoms with Crippen molar-refractivity contribution in [3.05, 3.63) is 130 Å². The molecule has 4 aliphatic rings. The Morgan fingerprint density at radius 3 is 1.17 bits per heavy atom. The molecule has 0 saturated carbocycles. The SMILES string of the molecule is c1ccc2c(c1)C1=NC2=Nc2c3ccccc3c3[n]2[Bi][n]2c(c4ccccc4c2=NC2=NC(=N3)c3ccccc32)=N1. The molecule has 1 radical (unpaired) electrons. The first kappa shape index (κ1) is 21.9. The van der Waals surface area contributed by atoms with Gasteiger partial charge in [-0.25, -0.2) is 0 Å². The van der Waals surface area contributed by atoms with E-state index in [1.807, 2.05) is 24.3 Å². The van der Waals surface area contributed by atoms with Gasteiger partial charge in [0, 0.05) is 0 Å². The van der Waals surface area contributed by atoms with Gasteiger partial charge in [-0.3, -0.25) is 0 Å². The van der Waals surface area contributed by atoms with E-state index in [0.29, 0.717) is 23.3 Å². The van der Waals surface area contributed by atoms with E-state index < -0.39 is 23.8 Å². The number of aromatic nitrogens is 2. The fourth-order valence-electron chi connectivity index (χ4n) is 6.02. The van der Waals surface area contributed by atoms with Crippen LogP contribution in [0.5, 0.6) is 0 Å². The van der Waals surface area contributed by atoms with Gasteiger partial charge in [-0.2, -0.15) is 0 Å². The van der Waals surface area contributed by atoms with Crippen LogP contribution in [0.4, 0.5) is 11.6 Å². The van der Waals surface area contributed by atoms with Crippen LogP contribution < -0.4 is 11.0 Å². The summed E-state index contributed by atoms with van der Waals surface area (Å²) >= 11 is -1.88. The molecule has 41 heavy (non-hydrogen) atoms. The Bertz CT molecular complexity index is 2290. The van der Waals surface area contributed by atoms with E-state index in [0.717, 1.165) is 66.4 Å². The predicted molar refractivity (Wildman–Crippen MR) is 161 cm³/mol. The van der Waals surface area contributed by atoms with E-state index in [2.05, 4.69) is 77.8 Å². The van der Waals surface area contributed by atoms with Crippen molar-refractivity contribution >= 4 is 80.3 Å².